The van der Waals surface area contributed by atoms with Gasteiger partial charge in [0.1, 0.15) is 11.6 Å². The molecule has 0 unspecified atom stereocenters. The third-order valence-electron chi connectivity index (χ3n) is 5.38. The lowest BCUT2D eigenvalue weighted by Crippen LogP contribution is -2.31. The number of nitrogens with zero attached hydrogens (tertiary/aromatic N) is 3. The largest absolute Gasteiger partial charge is 0.373 e. The van der Waals surface area contributed by atoms with Crippen LogP contribution in [-0.2, 0) is 16.0 Å². The summed E-state index contributed by atoms with van der Waals surface area (Å²) in [5.74, 6) is 1.88. The van der Waals surface area contributed by atoms with Gasteiger partial charge >= 0.3 is 6.15 Å². The number of aromatic nitrogens is 2. The van der Waals surface area contributed by atoms with Gasteiger partial charge < -0.3 is 10.2 Å². The average molecular weight is 380 g/mol. The Labute approximate surface area is 166 Å². The summed E-state index contributed by atoms with van der Waals surface area (Å²) in [6.45, 7) is 8.85. The van der Waals surface area contributed by atoms with E-state index in [0.717, 1.165) is 24.6 Å². The van der Waals surface area contributed by atoms with Gasteiger partial charge in [0.05, 0.1) is 5.69 Å². The first-order valence-electron chi connectivity index (χ1n) is 10.1. The fourth-order valence-electron chi connectivity index (χ4n) is 4.15. The average Bonchev–Trinajstić information content (AvgIpc) is 3.03. The maximum absolute atomic E-state index is 8.12. The van der Waals surface area contributed by atoms with Crippen LogP contribution in [0.3, 0.4) is 0 Å². The molecular formula is C22H28N4O2. The molecule has 1 aromatic carbocycles. The van der Waals surface area contributed by atoms with Crippen molar-refractivity contribution in [3.8, 4) is 11.1 Å². The van der Waals surface area contributed by atoms with E-state index in [1.165, 1.54) is 73.3 Å². The van der Waals surface area contributed by atoms with E-state index in [0.29, 0.717) is 0 Å². The van der Waals surface area contributed by atoms with Gasteiger partial charge in [-0.1, -0.05) is 30.2 Å². The molecule has 1 saturated heterocycles. The van der Waals surface area contributed by atoms with E-state index in [9.17, 15) is 0 Å². The molecule has 2 aromatic rings. The Morgan fingerprint density at radius 1 is 1.11 bits per heavy atom. The molecule has 2 aliphatic rings. The molecular weight excluding hydrogens is 352 g/mol. The van der Waals surface area contributed by atoms with Crippen LogP contribution in [-0.4, -0.2) is 47.2 Å². The molecule has 1 aliphatic carbocycles. The number of hydrogen-bond donors (Lipinski definition) is 1. The Balaban J connectivity index is 0.000000706. The van der Waals surface area contributed by atoms with Gasteiger partial charge in [-0.2, -0.15) is 9.59 Å². The van der Waals surface area contributed by atoms with Crippen molar-refractivity contribution in [2.45, 2.75) is 46.0 Å². The molecule has 148 valence electrons. The molecule has 0 saturated carbocycles. The number of nitrogens with one attached hydrogen (secondary N) is 1. The second-order valence-electron chi connectivity index (χ2n) is 7.54. The summed E-state index contributed by atoms with van der Waals surface area (Å²) in [4.78, 5) is 28.3. The van der Waals surface area contributed by atoms with Crippen LogP contribution in [0.1, 0.15) is 48.3 Å². The van der Waals surface area contributed by atoms with Gasteiger partial charge in [-0.15, -0.1) is 0 Å². The Morgan fingerprint density at radius 2 is 1.86 bits per heavy atom. The van der Waals surface area contributed by atoms with Crippen LogP contribution in [0.5, 0.6) is 0 Å². The van der Waals surface area contributed by atoms with Crippen LogP contribution in [0.25, 0.3) is 11.1 Å². The number of fused-ring (bicyclic) bond motifs is 3. The summed E-state index contributed by atoms with van der Waals surface area (Å²) in [7, 11) is 0. The third kappa shape index (κ3) is 4.83. The number of benzene rings is 1. The maximum Gasteiger partial charge on any atom is 0.373 e. The first-order chi connectivity index (χ1) is 13.6. The summed E-state index contributed by atoms with van der Waals surface area (Å²) in [5, 5.41) is 3.60. The van der Waals surface area contributed by atoms with Crippen LogP contribution in [0.2, 0.25) is 0 Å². The maximum atomic E-state index is 8.12. The number of rotatable bonds is 5. The van der Waals surface area contributed by atoms with Gasteiger partial charge in [0.15, 0.2) is 0 Å². The normalized spacial score (nSPS) is 15.1. The van der Waals surface area contributed by atoms with Crippen molar-refractivity contribution in [1.29, 1.82) is 0 Å². The van der Waals surface area contributed by atoms with E-state index in [2.05, 4.69) is 35.3 Å². The molecule has 1 N–H and O–H groups in total. The van der Waals surface area contributed by atoms with E-state index >= 15 is 0 Å². The summed E-state index contributed by atoms with van der Waals surface area (Å²) < 4.78 is 0. The molecule has 0 radical (unpaired) electrons. The van der Waals surface area contributed by atoms with Crippen molar-refractivity contribution in [1.82, 2.24) is 14.9 Å². The summed E-state index contributed by atoms with van der Waals surface area (Å²) in [6.07, 6.45) is 6.47. The third-order valence-corrected chi connectivity index (χ3v) is 5.38. The monoisotopic (exact) mass is 380 g/mol. The van der Waals surface area contributed by atoms with Crippen LogP contribution in [0.4, 0.5) is 5.82 Å². The van der Waals surface area contributed by atoms with Gasteiger partial charge in [-0.25, -0.2) is 9.97 Å². The number of anilines is 1. The smallest absolute Gasteiger partial charge is 0.369 e. The van der Waals surface area contributed by atoms with Gasteiger partial charge in [-0.05, 0) is 63.9 Å². The zero-order chi connectivity index (χ0) is 19.9. The van der Waals surface area contributed by atoms with Gasteiger partial charge in [0.2, 0.25) is 0 Å². The SMILES string of the molecule is Cc1ccc2c(c1)Cc1nc(C)nc(NCCCN3CCCCC3)c1-2.O=C=O. The second kappa shape index (κ2) is 9.58. The molecule has 0 amide bonds. The minimum absolute atomic E-state index is 0.250. The Bertz CT molecular complexity index is 854. The quantitative estimate of drug-likeness (QED) is 0.684. The Kier molecular flexibility index (Phi) is 6.90. The molecule has 4 rings (SSSR count). The van der Waals surface area contributed by atoms with Gasteiger partial charge in [0, 0.05) is 18.5 Å². The lowest BCUT2D eigenvalue weighted by molar-refractivity contribution is -0.191. The summed E-state index contributed by atoms with van der Waals surface area (Å²) in [6, 6.07) is 6.70. The highest BCUT2D eigenvalue weighted by Gasteiger charge is 2.24. The fraction of sp³-hybridized carbons (Fsp3) is 0.500. The minimum atomic E-state index is 0.250. The number of aryl methyl sites for hydroxylation is 2. The molecule has 0 bridgehead atoms. The zero-order valence-corrected chi connectivity index (χ0v) is 16.8. The van der Waals surface area contributed by atoms with E-state index in [1.54, 1.807) is 0 Å². The minimum Gasteiger partial charge on any atom is -0.369 e. The topological polar surface area (TPSA) is 75.2 Å². The summed E-state index contributed by atoms with van der Waals surface area (Å²) in [5.41, 5.74) is 6.39. The molecule has 2 heterocycles. The number of carbonyl (C=O) groups excluding carboxylic acids is 2. The number of likely N-dealkylation sites (tertiary alicyclic amines) is 1. The van der Waals surface area contributed by atoms with Crippen molar-refractivity contribution >= 4 is 12.0 Å². The molecule has 1 aromatic heterocycles. The van der Waals surface area contributed by atoms with Crippen molar-refractivity contribution < 1.29 is 9.59 Å². The van der Waals surface area contributed by atoms with E-state index < -0.39 is 0 Å². The molecule has 0 atom stereocenters. The highest BCUT2D eigenvalue weighted by atomic mass is 16.2. The van der Waals surface area contributed by atoms with Crippen LogP contribution >= 0.6 is 0 Å². The van der Waals surface area contributed by atoms with Crippen molar-refractivity contribution in [3.05, 3.63) is 40.8 Å². The van der Waals surface area contributed by atoms with E-state index in [-0.39, 0.29) is 6.15 Å². The standard InChI is InChI=1S/C21H28N4.CO2/c1-15-7-8-18-17(13-15)14-19-20(18)21(24-16(2)23-19)22-9-6-12-25-10-4-3-5-11-25;2-1-3/h7-8,13H,3-6,9-12,14H2,1-2H3,(H,22,23,24);. The first kappa shape index (κ1) is 20.2. The Hall–Kier alpha value is -2.56. The van der Waals surface area contributed by atoms with Crippen LogP contribution in [0, 0.1) is 13.8 Å². The Morgan fingerprint density at radius 3 is 2.61 bits per heavy atom. The molecule has 28 heavy (non-hydrogen) atoms. The fourth-order valence-corrected chi connectivity index (χ4v) is 4.15. The molecule has 0 spiro atoms. The lowest BCUT2D eigenvalue weighted by Gasteiger charge is -2.26. The van der Waals surface area contributed by atoms with Gasteiger partial charge in [0.25, 0.3) is 0 Å². The predicted octanol–water partition coefficient (Wildman–Crippen LogP) is 3.37. The van der Waals surface area contributed by atoms with Crippen LogP contribution < -0.4 is 5.32 Å². The number of piperidine rings is 1. The zero-order valence-electron chi connectivity index (χ0n) is 16.8. The highest BCUT2D eigenvalue weighted by Crippen LogP contribution is 2.40. The lowest BCUT2D eigenvalue weighted by atomic mass is 10.0. The summed E-state index contributed by atoms with van der Waals surface area (Å²) >= 11 is 0. The molecule has 6 heteroatoms. The number of hydrogen-bond acceptors (Lipinski definition) is 6. The van der Waals surface area contributed by atoms with Crippen LogP contribution in [0.15, 0.2) is 18.2 Å². The molecule has 1 aliphatic heterocycles. The van der Waals surface area contributed by atoms with Crippen molar-refractivity contribution in [2.24, 2.45) is 0 Å². The highest BCUT2D eigenvalue weighted by molar-refractivity contribution is 5.84. The molecule has 1 fully saturated rings. The molecule has 6 nitrogen and oxygen atoms in total. The van der Waals surface area contributed by atoms with Crippen molar-refractivity contribution in [3.63, 3.8) is 0 Å². The van der Waals surface area contributed by atoms with Gasteiger partial charge in [-0.3, -0.25) is 0 Å². The van der Waals surface area contributed by atoms with E-state index in [4.69, 9.17) is 19.6 Å². The predicted molar refractivity (Wildman–Crippen MR) is 108 cm³/mol. The van der Waals surface area contributed by atoms with Crippen molar-refractivity contribution in [2.75, 3.05) is 31.5 Å². The first-order valence-corrected chi connectivity index (χ1v) is 10.1. The van der Waals surface area contributed by atoms with E-state index in [1.807, 2.05) is 6.92 Å². The second-order valence-corrected chi connectivity index (χ2v) is 7.54.